The van der Waals surface area contributed by atoms with Gasteiger partial charge in [-0.1, -0.05) is 46.3 Å². The average molecular weight is 375 g/mol. The summed E-state index contributed by atoms with van der Waals surface area (Å²) in [5.41, 5.74) is 1.68. The number of carbonyl (C=O) groups is 1. The Bertz CT molecular complexity index is 684. The first-order valence-corrected chi connectivity index (χ1v) is 8.50. The van der Waals surface area contributed by atoms with E-state index < -0.39 is 0 Å². The van der Waals surface area contributed by atoms with Crippen LogP contribution in [0.5, 0.6) is 5.75 Å². The number of ether oxygens (including phenoxy) is 1. The molecule has 0 saturated carbocycles. The van der Waals surface area contributed by atoms with E-state index in [1.807, 2.05) is 53.4 Å². The Hall–Kier alpha value is -1.85. The number of hydrogen-bond acceptors (Lipinski definition) is 3. The van der Waals surface area contributed by atoms with Crippen LogP contribution in [-0.4, -0.2) is 37.0 Å². The maximum absolute atomic E-state index is 12.7. The molecule has 0 aromatic heterocycles. The summed E-state index contributed by atoms with van der Waals surface area (Å²) in [5, 5.41) is 3.26. The first-order chi connectivity index (χ1) is 11.3. The topological polar surface area (TPSA) is 41.6 Å². The van der Waals surface area contributed by atoms with Crippen LogP contribution in [0.2, 0.25) is 0 Å². The van der Waals surface area contributed by atoms with Crippen LogP contribution in [0.1, 0.15) is 15.9 Å². The van der Waals surface area contributed by atoms with Crippen molar-refractivity contribution in [1.29, 1.82) is 0 Å². The van der Waals surface area contributed by atoms with Gasteiger partial charge in [-0.15, -0.1) is 0 Å². The van der Waals surface area contributed by atoms with E-state index in [4.69, 9.17) is 4.74 Å². The van der Waals surface area contributed by atoms with E-state index in [9.17, 15) is 4.79 Å². The third kappa shape index (κ3) is 3.92. The number of hydrogen-bond donors (Lipinski definition) is 1. The van der Waals surface area contributed by atoms with Crippen LogP contribution in [-0.2, 0) is 6.61 Å². The van der Waals surface area contributed by atoms with Crippen molar-refractivity contribution in [1.82, 2.24) is 10.2 Å². The lowest BCUT2D eigenvalue weighted by atomic mass is 10.1. The number of nitrogens with zero attached hydrogens (tertiary/aromatic N) is 1. The van der Waals surface area contributed by atoms with E-state index in [1.165, 1.54) is 0 Å². The Morgan fingerprint density at radius 2 is 1.78 bits per heavy atom. The SMILES string of the molecule is O=C(c1ccccc1OCc1ccccc1Br)N1CCNCC1. The molecule has 0 atom stereocenters. The minimum absolute atomic E-state index is 0.0363. The van der Waals surface area contributed by atoms with Crippen molar-refractivity contribution >= 4 is 21.8 Å². The largest absolute Gasteiger partial charge is 0.488 e. The van der Waals surface area contributed by atoms with Crippen molar-refractivity contribution in [3.8, 4) is 5.75 Å². The predicted molar refractivity (Wildman–Crippen MR) is 93.7 cm³/mol. The first kappa shape index (κ1) is 16.0. The van der Waals surface area contributed by atoms with Gasteiger partial charge in [0.2, 0.25) is 0 Å². The summed E-state index contributed by atoms with van der Waals surface area (Å²) in [5.74, 6) is 0.668. The third-order valence-electron chi connectivity index (χ3n) is 3.86. The summed E-state index contributed by atoms with van der Waals surface area (Å²) in [7, 11) is 0. The van der Waals surface area contributed by atoms with Crippen molar-refractivity contribution in [2.24, 2.45) is 0 Å². The van der Waals surface area contributed by atoms with E-state index >= 15 is 0 Å². The second kappa shape index (κ2) is 7.62. The smallest absolute Gasteiger partial charge is 0.257 e. The zero-order valence-corrected chi connectivity index (χ0v) is 14.4. The molecule has 5 heteroatoms. The number of amides is 1. The summed E-state index contributed by atoms with van der Waals surface area (Å²) in [6.45, 7) is 3.57. The Kier molecular flexibility index (Phi) is 5.31. The molecule has 1 N–H and O–H groups in total. The van der Waals surface area contributed by atoms with E-state index in [0.29, 0.717) is 17.9 Å². The Labute approximate surface area is 144 Å². The van der Waals surface area contributed by atoms with Crippen LogP contribution in [0.25, 0.3) is 0 Å². The van der Waals surface area contributed by atoms with Crippen LogP contribution in [0, 0.1) is 0 Å². The molecule has 0 spiro atoms. The molecule has 1 aliphatic rings. The lowest BCUT2D eigenvalue weighted by Gasteiger charge is -2.28. The molecule has 2 aromatic carbocycles. The van der Waals surface area contributed by atoms with Crippen molar-refractivity contribution in [2.75, 3.05) is 26.2 Å². The number of nitrogens with one attached hydrogen (secondary N) is 1. The number of halogens is 1. The second-order valence-corrected chi connectivity index (χ2v) is 6.27. The molecule has 2 aromatic rings. The van der Waals surface area contributed by atoms with Crippen molar-refractivity contribution in [3.05, 3.63) is 64.1 Å². The Morgan fingerprint density at radius 1 is 1.09 bits per heavy atom. The molecule has 0 radical (unpaired) electrons. The summed E-state index contributed by atoms with van der Waals surface area (Å²) in [6, 6.07) is 15.4. The molecule has 120 valence electrons. The van der Waals surface area contributed by atoms with Gasteiger partial charge in [0, 0.05) is 36.2 Å². The molecular formula is C18H19BrN2O2. The van der Waals surface area contributed by atoms with Gasteiger partial charge in [-0.25, -0.2) is 0 Å². The predicted octanol–water partition coefficient (Wildman–Crippen LogP) is 3.07. The minimum Gasteiger partial charge on any atom is -0.488 e. The highest BCUT2D eigenvalue weighted by atomic mass is 79.9. The van der Waals surface area contributed by atoms with Gasteiger partial charge in [-0.3, -0.25) is 4.79 Å². The highest BCUT2D eigenvalue weighted by Gasteiger charge is 2.21. The normalized spacial score (nSPS) is 14.6. The number of carbonyl (C=O) groups excluding carboxylic acids is 1. The highest BCUT2D eigenvalue weighted by Crippen LogP contribution is 2.23. The fourth-order valence-corrected chi connectivity index (χ4v) is 2.98. The molecule has 1 saturated heterocycles. The zero-order valence-electron chi connectivity index (χ0n) is 12.8. The van der Waals surface area contributed by atoms with Gasteiger partial charge >= 0.3 is 0 Å². The standard InChI is InChI=1S/C18H19BrN2O2/c19-16-7-3-1-5-14(16)13-23-17-8-4-2-6-15(17)18(22)21-11-9-20-10-12-21/h1-8,20H,9-13H2. The molecular weight excluding hydrogens is 356 g/mol. The molecule has 1 amide bonds. The summed E-state index contributed by atoms with van der Waals surface area (Å²) < 4.78 is 6.93. The van der Waals surface area contributed by atoms with Gasteiger partial charge in [0.1, 0.15) is 12.4 Å². The molecule has 3 rings (SSSR count). The first-order valence-electron chi connectivity index (χ1n) is 7.71. The molecule has 1 fully saturated rings. The van der Waals surface area contributed by atoms with Crippen molar-refractivity contribution < 1.29 is 9.53 Å². The van der Waals surface area contributed by atoms with Crippen LogP contribution >= 0.6 is 15.9 Å². The van der Waals surface area contributed by atoms with Gasteiger partial charge in [0.25, 0.3) is 5.91 Å². The fourth-order valence-electron chi connectivity index (χ4n) is 2.58. The summed E-state index contributed by atoms with van der Waals surface area (Å²) >= 11 is 3.52. The number of piperazine rings is 1. The van der Waals surface area contributed by atoms with Gasteiger partial charge < -0.3 is 15.0 Å². The monoisotopic (exact) mass is 374 g/mol. The van der Waals surface area contributed by atoms with Gasteiger partial charge in [-0.05, 0) is 18.2 Å². The molecule has 0 bridgehead atoms. The lowest BCUT2D eigenvalue weighted by molar-refractivity contribution is 0.0731. The Morgan fingerprint density at radius 3 is 2.57 bits per heavy atom. The lowest BCUT2D eigenvalue weighted by Crippen LogP contribution is -2.46. The number of para-hydroxylation sites is 1. The third-order valence-corrected chi connectivity index (χ3v) is 4.64. The molecule has 23 heavy (non-hydrogen) atoms. The molecule has 1 heterocycles. The van der Waals surface area contributed by atoms with E-state index in [2.05, 4.69) is 21.2 Å². The average Bonchev–Trinajstić information content (AvgIpc) is 2.61. The van der Waals surface area contributed by atoms with Crippen LogP contribution in [0.3, 0.4) is 0 Å². The van der Waals surface area contributed by atoms with Gasteiger partial charge in [0.15, 0.2) is 0 Å². The van der Waals surface area contributed by atoms with Crippen LogP contribution in [0.4, 0.5) is 0 Å². The molecule has 0 aliphatic carbocycles. The van der Waals surface area contributed by atoms with E-state index in [0.717, 1.165) is 36.2 Å². The maximum atomic E-state index is 12.7. The highest BCUT2D eigenvalue weighted by molar-refractivity contribution is 9.10. The second-order valence-electron chi connectivity index (χ2n) is 5.42. The summed E-state index contributed by atoms with van der Waals surface area (Å²) in [4.78, 5) is 14.6. The zero-order chi connectivity index (χ0) is 16.1. The Balaban J connectivity index is 1.75. The van der Waals surface area contributed by atoms with E-state index in [1.54, 1.807) is 0 Å². The van der Waals surface area contributed by atoms with Gasteiger partial charge in [-0.2, -0.15) is 0 Å². The molecule has 0 unspecified atom stereocenters. The minimum atomic E-state index is 0.0363. The maximum Gasteiger partial charge on any atom is 0.257 e. The van der Waals surface area contributed by atoms with E-state index in [-0.39, 0.29) is 5.91 Å². The molecule has 4 nitrogen and oxygen atoms in total. The van der Waals surface area contributed by atoms with Crippen molar-refractivity contribution in [2.45, 2.75) is 6.61 Å². The van der Waals surface area contributed by atoms with Crippen LogP contribution < -0.4 is 10.1 Å². The fraction of sp³-hybridized carbons (Fsp3) is 0.278. The van der Waals surface area contributed by atoms with Crippen molar-refractivity contribution in [3.63, 3.8) is 0 Å². The molecule has 1 aliphatic heterocycles. The van der Waals surface area contributed by atoms with Gasteiger partial charge in [0.05, 0.1) is 5.56 Å². The number of rotatable bonds is 4. The quantitative estimate of drug-likeness (QED) is 0.893. The number of benzene rings is 2. The van der Waals surface area contributed by atoms with Crippen LogP contribution in [0.15, 0.2) is 53.0 Å². The summed E-state index contributed by atoms with van der Waals surface area (Å²) in [6.07, 6.45) is 0.